The van der Waals surface area contributed by atoms with Gasteiger partial charge in [-0.25, -0.2) is 4.79 Å². The number of aromatic nitrogens is 1. The zero-order valence-corrected chi connectivity index (χ0v) is 16.9. The zero-order chi connectivity index (χ0) is 21.3. The summed E-state index contributed by atoms with van der Waals surface area (Å²) in [6, 6.07) is 14.6. The molecular formula is C24H23NO5. The van der Waals surface area contributed by atoms with E-state index < -0.39 is 11.4 Å². The van der Waals surface area contributed by atoms with Crippen molar-refractivity contribution >= 4 is 5.97 Å². The maximum Gasteiger partial charge on any atom is 0.343 e. The van der Waals surface area contributed by atoms with Crippen LogP contribution in [0.15, 0.2) is 59.5 Å². The first kappa shape index (κ1) is 19.8. The van der Waals surface area contributed by atoms with Gasteiger partial charge in [0.1, 0.15) is 12.2 Å². The lowest BCUT2D eigenvalue weighted by atomic mass is 9.92. The van der Waals surface area contributed by atoms with Gasteiger partial charge in [0.15, 0.2) is 16.9 Å². The molecule has 4 rings (SSSR count). The van der Waals surface area contributed by atoms with E-state index in [0.29, 0.717) is 24.5 Å². The fourth-order valence-electron chi connectivity index (χ4n) is 3.78. The lowest BCUT2D eigenvalue weighted by molar-refractivity contribution is 0.0523. The van der Waals surface area contributed by atoms with Crippen LogP contribution in [0.4, 0.5) is 0 Å². The third-order valence-corrected chi connectivity index (χ3v) is 5.26. The van der Waals surface area contributed by atoms with E-state index in [1.54, 1.807) is 19.2 Å². The number of carbonyl (C=O) groups is 1. The predicted octanol–water partition coefficient (Wildman–Crippen LogP) is 4.09. The number of phenolic OH excluding ortho intramolecular Hbond substituents is 1. The summed E-state index contributed by atoms with van der Waals surface area (Å²) in [5.74, 6) is -0.209. The fourth-order valence-corrected chi connectivity index (χ4v) is 3.78. The number of fused-ring (bicyclic) bond motifs is 3. The molecule has 0 saturated carbocycles. The number of rotatable bonds is 5. The smallest absolute Gasteiger partial charge is 0.343 e. The molecule has 2 aromatic carbocycles. The van der Waals surface area contributed by atoms with Gasteiger partial charge in [-0.3, -0.25) is 4.79 Å². The first-order chi connectivity index (χ1) is 14.5. The number of hydrogen-bond acceptors (Lipinski definition) is 5. The molecule has 1 N–H and O–H groups in total. The highest BCUT2D eigenvalue weighted by Gasteiger charge is 2.25. The van der Waals surface area contributed by atoms with Crippen molar-refractivity contribution in [1.82, 2.24) is 4.57 Å². The average molecular weight is 405 g/mol. The highest BCUT2D eigenvalue weighted by Crippen LogP contribution is 2.40. The molecule has 0 fully saturated rings. The number of carbonyl (C=O) groups excluding carboxylic acids is 1. The Labute approximate surface area is 174 Å². The van der Waals surface area contributed by atoms with Gasteiger partial charge >= 0.3 is 5.97 Å². The molecule has 1 aliphatic heterocycles. The molecule has 154 valence electrons. The van der Waals surface area contributed by atoms with Gasteiger partial charge in [-0.2, -0.15) is 0 Å². The first-order valence-corrected chi connectivity index (χ1v) is 9.94. The molecule has 1 aromatic heterocycles. The van der Waals surface area contributed by atoms with Crippen molar-refractivity contribution in [3.8, 4) is 22.8 Å². The number of aromatic hydroxyl groups is 1. The van der Waals surface area contributed by atoms with Crippen LogP contribution in [0.25, 0.3) is 11.3 Å². The molecule has 3 aromatic rings. The summed E-state index contributed by atoms with van der Waals surface area (Å²) in [4.78, 5) is 24.6. The Morgan fingerprint density at radius 1 is 1.20 bits per heavy atom. The van der Waals surface area contributed by atoms with Crippen LogP contribution in [-0.4, -0.2) is 22.2 Å². The molecule has 6 nitrogen and oxygen atoms in total. The van der Waals surface area contributed by atoms with Crippen LogP contribution in [-0.2, 0) is 17.8 Å². The summed E-state index contributed by atoms with van der Waals surface area (Å²) >= 11 is 0. The Hall–Kier alpha value is -3.54. The van der Waals surface area contributed by atoms with Crippen molar-refractivity contribution in [2.24, 2.45) is 0 Å². The van der Waals surface area contributed by atoms with Gasteiger partial charge in [0.25, 0.3) is 0 Å². The van der Waals surface area contributed by atoms with Gasteiger partial charge in [-0.1, -0.05) is 30.3 Å². The van der Waals surface area contributed by atoms with E-state index in [1.807, 2.05) is 47.9 Å². The van der Waals surface area contributed by atoms with Crippen molar-refractivity contribution in [3.63, 3.8) is 0 Å². The van der Waals surface area contributed by atoms with E-state index >= 15 is 0 Å². The minimum absolute atomic E-state index is 0.00713. The molecular weight excluding hydrogens is 382 g/mol. The second-order valence-electron chi connectivity index (χ2n) is 7.37. The number of phenols is 1. The quantitative estimate of drug-likeness (QED) is 0.647. The largest absolute Gasteiger partial charge is 0.504 e. The standard InChI is InChI=1S/C24H23NO5/c1-3-29-24(28)19-13-25-15(2)9-17-10-23(30-14-16-7-5-4-6-8-16)22(27)11-18(17)20(25)12-21(19)26/h4-8,10-13,15,27H,3,9,14H2,1-2H3. The number of nitrogens with zero attached hydrogens (tertiary/aromatic N) is 1. The van der Waals surface area contributed by atoms with Gasteiger partial charge in [0.05, 0.1) is 12.3 Å². The minimum atomic E-state index is -0.622. The zero-order valence-electron chi connectivity index (χ0n) is 16.9. The maximum atomic E-state index is 12.5. The van der Waals surface area contributed by atoms with Crippen molar-refractivity contribution in [3.05, 3.63) is 81.6 Å². The molecule has 0 spiro atoms. The summed E-state index contributed by atoms with van der Waals surface area (Å²) in [5, 5.41) is 10.5. The number of ether oxygens (including phenoxy) is 2. The SMILES string of the molecule is CCOC(=O)c1cn2c(cc1=O)-c1cc(O)c(OCc3ccccc3)cc1CC2C. The summed E-state index contributed by atoms with van der Waals surface area (Å²) in [7, 11) is 0. The molecule has 1 aliphatic rings. The van der Waals surface area contributed by atoms with E-state index in [0.717, 1.165) is 16.7 Å². The molecule has 0 aliphatic carbocycles. The van der Waals surface area contributed by atoms with E-state index in [-0.39, 0.29) is 24.0 Å². The van der Waals surface area contributed by atoms with E-state index in [4.69, 9.17) is 9.47 Å². The normalized spacial score (nSPS) is 14.5. The summed E-state index contributed by atoms with van der Waals surface area (Å²) < 4.78 is 12.7. The molecule has 0 saturated heterocycles. The van der Waals surface area contributed by atoms with Crippen LogP contribution in [0, 0.1) is 0 Å². The lowest BCUT2D eigenvalue weighted by Gasteiger charge is -2.29. The monoisotopic (exact) mass is 405 g/mol. The van der Waals surface area contributed by atoms with Crippen molar-refractivity contribution in [2.45, 2.75) is 32.9 Å². The molecule has 1 atom stereocenters. The van der Waals surface area contributed by atoms with E-state index in [1.165, 1.54) is 6.07 Å². The van der Waals surface area contributed by atoms with Gasteiger partial charge < -0.3 is 19.1 Å². The fraction of sp³-hybridized carbons (Fsp3) is 0.250. The molecule has 1 unspecified atom stereocenters. The highest BCUT2D eigenvalue weighted by atomic mass is 16.5. The molecule has 30 heavy (non-hydrogen) atoms. The van der Waals surface area contributed by atoms with E-state index in [9.17, 15) is 14.7 Å². The Bertz CT molecular complexity index is 1150. The van der Waals surface area contributed by atoms with Crippen LogP contribution in [0.1, 0.15) is 41.4 Å². The van der Waals surface area contributed by atoms with Gasteiger partial charge in [-0.05, 0) is 43.5 Å². The van der Waals surface area contributed by atoms with Gasteiger partial charge in [-0.15, -0.1) is 0 Å². The predicted molar refractivity (Wildman–Crippen MR) is 113 cm³/mol. The lowest BCUT2D eigenvalue weighted by Crippen LogP contribution is -2.25. The van der Waals surface area contributed by atoms with E-state index in [2.05, 4.69) is 0 Å². The number of esters is 1. The number of benzene rings is 2. The van der Waals surface area contributed by atoms with Crippen LogP contribution >= 0.6 is 0 Å². The third-order valence-electron chi connectivity index (χ3n) is 5.26. The summed E-state index contributed by atoms with van der Waals surface area (Å²) in [5.41, 5.74) is 3.02. The second kappa shape index (κ2) is 8.06. The molecule has 0 bridgehead atoms. The summed E-state index contributed by atoms with van der Waals surface area (Å²) in [6.07, 6.45) is 2.23. The van der Waals surface area contributed by atoms with Gasteiger partial charge in [0, 0.05) is 23.9 Å². The maximum absolute atomic E-state index is 12.5. The molecule has 0 amide bonds. The first-order valence-electron chi connectivity index (χ1n) is 9.94. The molecule has 6 heteroatoms. The Morgan fingerprint density at radius 3 is 2.70 bits per heavy atom. The Morgan fingerprint density at radius 2 is 1.97 bits per heavy atom. The average Bonchev–Trinajstić information content (AvgIpc) is 2.73. The number of hydrogen-bond donors (Lipinski definition) is 1. The molecule has 2 heterocycles. The minimum Gasteiger partial charge on any atom is -0.504 e. The summed E-state index contributed by atoms with van der Waals surface area (Å²) in [6.45, 7) is 4.27. The third kappa shape index (κ3) is 3.68. The van der Waals surface area contributed by atoms with Crippen molar-refractivity contribution in [1.29, 1.82) is 0 Å². The highest BCUT2D eigenvalue weighted by molar-refractivity contribution is 5.89. The topological polar surface area (TPSA) is 77.8 Å². The molecule has 0 radical (unpaired) electrons. The van der Waals surface area contributed by atoms with Crippen LogP contribution in [0.2, 0.25) is 0 Å². The van der Waals surface area contributed by atoms with Crippen molar-refractivity contribution in [2.75, 3.05) is 6.61 Å². The van der Waals surface area contributed by atoms with Crippen molar-refractivity contribution < 1.29 is 19.4 Å². The van der Waals surface area contributed by atoms with Gasteiger partial charge in [0.2, 0.25) is 0 Å². The Kier molecular flexibility index (Phi) is 5.31. The van der Waals surface area contributed by atoms with Crippen LogP contribution in [0.5, 0.6) is 11.5 Å². The van der Waals surface area contributed by atoms with Crippen LogP contribution < -0.4 is 10.2 Å². The van der Waals surface area contributed by atoms with Crippen LogP contribution in [0.3, 0.4) is 0 Å². The Balaban J connectivity index is 1.70. The number of pyridine rings is 1. The second-order valence-corrected chi connectivity index (χ2v) is 7.37.